The molecule has 124 valence electrons. The Hall–Kier alpha value is -2.95. The van der Waals surface area contributed by atoms with Gasteiger partial charge in [0, 0.05) is 11.1 Å². The Balaban J connectivity index is 1.90. The number of phosphoric acid groups is 1. The van der Waals surface area contributed by atoms with Gasteiger partial charge in [0.05, 0.1) is 0 Å². The van der Waals surface area contributed by atoms with Crippen LogP contribution in [-0.4, -0.2) is 5.11 Å². The largest absolute Gasteiger partial charge is 0.625 e. The molecule has 0 amide bonds. The summed E-state index contributed by atoms with van der Waals surface area (Å²) in [7, 11) is -3.89. The molecular formula is C18H11O6P. The molecule has 2 bridgehead atoms. The molecule has 0 fully saturated rings. The molecule has 6 nitrogen and oxygen atoms in total. The van der Waals surface area contributed by atoms with Gasteiger partial charge in [0.25, 0.3) is 0 Å². The second kappa shape index (κ2) is 5.02. The van der Waals surface area contributed by atoms with E-state index in [-0.39, 0.29) is 23.0 Å². The van der Waals surface area contributed by atoms with Crippen molar-refractivity contribution in [3.8, 4) is 45.3 Å². The Morgan fingerprint density at radius 3 is 1.92 bits per heavy atom. The molecule has 0 radical (unpaired) electrons. The van der Waals surface area contributed by atoms with E-state index in [0.29, 0.717) is 11.1 Å². The van der Waals surface area contributed by atoms with Crippen molar-refractivity contribution in [2.45, 2.75) is 0 Å². The smallest absolute Gasteiger partial charge is 0.504 e. The van der Waals surface area contributed by atoms with Crippen LogP contribution in [0, 0.1) is 0 Å². The quantitative estimate of drug-likeness (QED) is 0.520. The molecule has 0 spiro atoms. The van der Waals surface area contributed by atoms with Crippen molar-refractivity contribution < 1.29 is 28.3 Å². The predicted octanol–water partition coefficient (Wildman–Crippen LogP) is 4.93. The third-order valence-electron chi connectivity index (χ3n) is 4.08. The van der Waals surface area contributed by atoms with Crippen LogP contribution >= 0.6 is 7.82 Å². The van der Waals surface area contributed by atoms with Crippen LogP contribution in [0.15, 0.2) is 60.7 Å². The molecule has 5 rings (SSSR count). The Kier molecular flexibility index (Phi) is 2.89. The zero-order chi connectivity index (χ0) is 17.0. The maximum atomic E-state index is 12.2. The summed E-state index contributed by atoms with van der Waals surface area (Å²) >= 11 is 0. The molecule has 0 saturated carbocycles. The van der Waals surface area contributed by atoms with Crippen LogP contribution < -0.4 is 13.9 Å². The molecule has 2 aliphatic heterocycles. The van der Waals surface area contributed by atoms with Gasteiger partial charge >= 0.3 is 7.82 Å². The summed E-state index contributed by atoms with van der Waals surface area (Å²) in [5, 5.41) is 10.9. The van der Waals surface area contributed by atoms with Crippen molar-refractivity contribution >= 4 is 7.82 Å². The van der Waals surface area contributed by atoms with E-state index in [9.17, 15) is 9.67 Å². The standard InChI is InChI=1S/C18H11O6P/c19-15-13(11-7-3-1-4-8-11)14(12-9-5-2-6-10-12)16-18-17(15)22-25(20,23-18)24-21-16/h1-10,19H. The molecule has 3 aromatic carbocycles. The Morgan fingerprint density at radius 1 is 0.720 bits per heavy atom. The molecule has 7 heteroatoms. The second-order valence-corrected chi connectivity index (χ2v) is 7.01. The number of hydrogen-bond donors (Lipinski definition) is 1. The van der Waals surface area contributed by atoms with Crippen molar-refractivity contribution in [1.29, 1.82) is 0 Å². The average Bonchev–Trinajstić information content (AvgIpc) is 2.95. The highest BCUT2D eigenvalue weighted by atomic mass is 31.2. The first kappa shape index (κ1) is 14.4. The Morgan fingerprint density at radius 2 is 1.28 bits per heavy atom. The van der Waals surface area contributed by atoms with Crippen LogP contribution in [0.3, 0.4) is 0 Å². The minimum absolute atomic E-state index is 0.0330. The third-order valence-corrected chi connectivity index (χ3v) is 5.15. The van der Waals surface area contributed by atoms with Gasteiger partial charge in [-0.25, -0.2) is 4.57 Å². The summed E-state index contributed by atoms with van der Waals surface area (Å²) in [6, 6.07) is 18.7. The predicted molar refractivity (Wildman–Crippen MR) is 89.6 cm³/mol. The number of phenolic OH excluding ortho intramolecular Hbond substituents is 1. The number of benzene rings is 3. The number of hydrogen-bond acceptors (Lipinski definition) is 6. The zero-order valence-electron chi connectivity index (χ0n) is 12.7. The lowest BCUT2D eigenvalue weighted by Gasteiger charge is -2.19. The van der Waals surface area contributed by atoms with Crippen LogP contribution in [-0.2, 0) is 9.24 Å². The fraction of sp³-hybridized carbons (Fsp3) is 0. The van der Waals surface area contributed by atoms with Crippen molar-refractivity contribution in [2.24, 2.45) is 0 Å². The van der Waals surface area contributed by atoms with E-state index in [1.165, 1.54) is 0 Å². The average molecular weight is 354 g/mol. The molecule has 2 heterocycles. The number of phenols is 1. The summed E-state index contributed by atoms with van der Waals surface area (Å²) in [5.41, 5.74) is 2.59. The maximum absolute atomic E-state index is 12.2. The van der Waals surface area contributed by atoms with Crippen molar-refractivity contribution in [3.63, 3.8) is 0 Å². The van der Waals surface area contributed by atoms with Gasteiger partial charge in [0.1, 0.15) is 0 Å². The van der Waals surface area contributed by atoms with Gasteiger partial charge in [0.2, 0.25) is 17.2 Å². The molecule has 0 saturated heterocycles. The monoisotopic (exact) mass is 354 g/mol. The molecule has 0 aromatic heterocycles. The van der Waals surface area contributed by atoms with Crippen LogP contribution in [0.5, 0.6) is 23.0 Å². The highest BCUT2D eigenvalue weighted by Crippen LogP contribution is 2.71. The zero-order valence-corrected chi connectivity index (χ0v) is 13.6. The lowest BCUT2D eigenvalue weighted by atomic mass is 9.92. The summed E-state index contributed by atoms with van der Waals surface area (Å²) in [5.74, 6) is 0.109. The van der Waals surface area contributed by atoms with E-state index in [0.717, 1.165) is 11.1 Å². The molecule has 1 unspecified atom stereocenters. The molecule has 3 aromatic rings. The molecule has 2 aliphatic rings. The van der Waals surface area contributed by atoms with Crippen molar-refractivity contribution in [3.05, 3.63) is 60.7 Å². The van der Waals surface area contributed by atoms with Crippen LogP contribution in [0.1, 0.15) is 0 Å². The van der Waals surface area contributed by atoms with E-state index < -0.39 is 7.82 Å². The van der Waals surface area contributed by atoms with Crippen LogP contribution in [0.4, 0.5) is 0 Å². The number of aromatic hydroxyl groups is 1. The van der Waals surface area contributed by atoms with E-state index in [1.54, 1.807) is 0 Å². The third kappa shape index (κ3) is 2.05. The molecule has 0 aliphatic carbocycles. The van der Waals surface area contributed by atoms with E-state index >= 15 is 0 Å². The first-order valence-corrected chi connectivity index (χ1v) is 9.01. The lowest BCUT2D eigenvalue weighted by molar-refractivity contribution is -0.124. The maximum Gasteiger partial charge on any atom is 0.625 e. The first-order valence-electron chi connectivity index (χ1n) is 7.55. The fourth-order valence-corrected chi connectivity index (χ4v) is 4.08. The van der Waals surface area contributed by atoms with Gasteiger partial charge in [-0.1, -0.05) is 65.3 Å². The van der Waals surface area contributed by atoms with E-state index in [2.05, 4.69) is 0 Å². The van der Waals surface area contributed by atoms with Crippen LogP contribution in [0.25, 0.3) is 22.3 Å². The fourth-order valence-electron chi connectivity index (χ4n) is 3.04. The van der Waals surface area contributed by atoms with Gasteiger partial charge in [-0.2, -0.15) is 0 Å². The minimum atomic E-state index is -3.89. The first-order chi connectivity index (χ1) is 12.2. The Labute approximate surface area is 142 Å². The highest BCUT2D eigenvalue weighted by Gasteiger charge is 2.51. The highest BCUT2D eigenvalue weighted by molar-refractivity contribution is 7.49. The number of fused-ring (bicyclic) bond motifs is 1. The van der Waals surface area contributed by atoms with Gasteiger partial charge in [-0.3, -0.25) is 0 Å². The van der Waals surface area contributed by atoms with Crippen molar-refractivity contribution in [1.82, 2.24) is 0 Å². The minimum Gasteiger partial charge on any atom is -0.504 e. The second-order valence-electron chi connectivity index (χ2n) is 5.61. The van der Waals surface area contributed by atoms with Gasteiger partial charge in [-0.05, 0) is 11.1 Å². The summed E-state index contributed by atoms with van der Waals surface area (Å²) in [6.07, 6.45) is 0. The Bertz CT molecular complexity index is 1030. The molecule has 1 atom stereocenters. The number of rotatable bonds is 2. The van der Waals surface area contributed by atoms with Gasteiger partial charge < -0.3 is 19.0 Å². The normalized spacial score (nSPS) is 19.7. The number of phosphoric ester groups is 1. The topological polar surface area (TPSA) is 74.2 Å². The summed E-state index contributed by atoms with van der Waals surface area (Å²) < 4.78 is 27.5. The van der Waals surface area contributed by atoms with Crippen molar-refractivity contribution in [2.75, 3.05) is 0 Å². The SMILES string of the molecule is O=P12OOc3c(c(c(O)c(-c4ccccc4)c3-c3ccccc3)O1)O2. The van der Waals surface area contributed by atoms with Crippen LogP contribution in [0.2, 0.25) is 0 Å². The lowest BCUT2D eigenvalue weighted by Crippen LogP contribution is -2.06. The van der Waals surface area contributed by atoms with E-state index in [1.807, 2.05) is 60.7 Å². The van der Waals surface area contributed by atoms with Gasteiger partial charge in [-0.15, -0.1) is 0 Å². The van der Waals surface area contributed by atoms with E-state index in [4.69, 9.17) is 18.6 Å². The summed E-state index contributed by atoms with van der Waals surface area (Å²) in [4.78, 5) is 5.27. The molecular weight excluding hydrogens is 343 g/mol. The molecule has 25 heavy (non-hydrogen) atoms. The molecule has 1 N–H and O–H groups in total. The summed E-state index contributed by atoms with van der Waals surface area (Å²) in [6.45, 7) is 0. The van der Waals surface area contributed by atoms with Gasteiger partial charge in [0.15, 0.2) is 5.75 Å².